The average molecular weight is 367 g/mol. The zero-order chi connectivity index (χ0) is 17.3. The van der Waals surface area contributed by atoms with Crippen LogP contribution in [-0.4, -0.2) is 18.4 Å². The van der Waals surface area contributed by atoms with Gasteiger partial charge >= 0.3 is 0 Å². The number of para-hydroxylation sites is 1. The monoisotopic (exact) mass is 366 g/mol. The van der Waals surface area contributed by atoms with E-state index < -0.39 is 11.7 Å². The Kier molecular flexibility index (Phi) is 4.73. The van der Waals surface area contributed by atoms with E-state index in [0.29, 0.717) is 10.7 Å². The van der Waals surface area contributed by atoms with Crippen LogP contribution in [0.1, 0.15) is 6.42 Å². The molecule has 3 rings (SSSR count). The molecule has 1 unspecified atom stereocenters. The Morgan fingerprint density at radius 3 is 2.67 bits per heavy atom. The van der Waals surface area contributed by atoms with Crippen molar-refractivity contribution >= 4 is 46.4 Å². The highest BCUT2D eigenvalue weighted by Crippen LogP contribution is 2.31. The van der Waals surface area contributed by atoms with Crippen LogP contribution in [-0.2, 0) is 9.59 Å². The van der Waals surface area contributed by atoms with Crippen LogP contribution in [0.4, 0.5) is 15.8 Å². The van der Waals surface area contributed by atoms with Crippen LogP contribution in [0.15, 0.2) is 42.5 Å². The number of nitrogens with zero attached hydrogens (tertiary/aromatic N) is 1. The molecule has 0 saturated carbocycles. The largest absolute Gasteiger partial charge is 0.324 e. The number of rotatable bonds is 3. The number of nitrogens with one attached hydrogen (secondary N) is 1. The summed E-state index contributed by atoms with van der Waals surface area (Å²) < 4.78 is 13.9. The first-order valence-electron chi connectivity index (χ1n) is 7.27. The van der Waals surface area contributed by atoms with Crippen LogP contribution in [0.5, 0.6) is 0 Å². The Bertz CT molecular complexity index is 813. The number of hydrogen-bond donors (Lipinski definition) is 1. The number of carbonyl (C=O) groups excluding carboxylic acids is 2. The van der Waals surface area contributed by atoms with E-state index in [1.165, 1.54) is 17.0 Å². The fourth-order valence-electron chi connectivity index (χ4n) is 2.62. The van der Waals surface area contributed by atoms with E-state index >= 15 is 0 Å². The summed E-state index contributed by atoms with van der Waals surface area (Å²) in [6.45, 7) is 0.115. The van der Waals surface area contributed by atoms with Gasteiger partial charge in [-0.25, -0.2) is 4.39 Å². The maximum absolute atomic E-state index is 13.9. The number of hydrogen-bond acceptors (Lipinski definition) is 2. The van der Waals surface area contributed by atoms with Gasteiger partial charge in [0.15, 0.2) is 0 Å². The van der Waals surface area contributed by atoms with Crippen LogP contribution in [0.2, 0.25) is 10.0 Å². The lowest BCUT2D eigenvalue weighted by molar-refractivity contribution is -0.122. The molecule has 1 heterocycles. The molecule has 1 saturated heterocycles. The normalized spacial score (nSPS) is 17.2. The van der Waals surface area contributed by atoms with Gasteiger partial charge in [0.2, 0.25) is 11.8 Å². The summed E-state index contributed by atoms with van der Waals surface area (Å²) in [5.41, 5.74) is 0.560. The summed E-state index contributed by atoms with van der Waals surface area (Å²) in [4.78, 5) is 25.8. The highest BCUT2D eigenvalue weighted by Gasteiger charge is 2.36. The van der Waals surface area contributed by atoms with E-state index in [1.807, 2.05) is 0 Å². The van der Waals surface area contributed by atoms with Gasteiger partial charge in [0, 0.05) is 13.0 Å². The number of benzene rings is 2. The fourth-order valence-corrected chi connectivity index (χ4v) is 2.97. The lowest BCUT2D eigenvalue weighted by Crippen LogP contribution is -2.28. The van der Waals surface area contributed by atoms with Gasteiger partial charge in [-0.1, -0.05) is 41.4 Å². The molecule has 124 valence electrons. The van der Waals surface area contributed by atoms with Crippen molar-refractivity contribution < 1.29 is 14.0 Å². The second-order valence-electron chi connectivity index (χ2n) is 5.45. The maximum Gasteiger partial charge on any atom is 0.229 e. The van der Waals surface area contributed by atoms with Gasteiger partial charge in [-0.3, -0.25) is 9.59 Å². The average Bonchev–Trinajstić information content (AvgIpc) is 2.94. The molecule has 1 aliphatic heterocycles. The van der Waals surface area contributed by atoms with Gasteiger partial charge in [0.1, 0.15) is 5.82 Å². The molecule has 1 fully saturated rings. The van der Waals surface area contributed by atoms with Crippen LogP contribution < -0.4 is 10.2 Å². The van der Waals surface area contributed by atoms with E-state index in [9.17, 15) is 14.0 Å². The highest BCUT2D eigenvalue weighted by atomic mass is 35.5. The zero-order valence-electron chi connectivity index (χ0n) is 12.4. The Hall–Kier alpha value is -2.11. The molecule has 7 heteroatoms. The third-order valence-electron chi connectivity index (χ3n) is 3.85. The molecule has 4 nitrogen and oxygen atoms in total. The SMILES string of the molecule is O=C(Nc1cccc(Cl)c1Cl)C1CC(=O)N(c2ccccc2F)C1. The Morgan fingerprint density at radius 2 is 1.92 bits per heavy atom. The summed E-state index contributed by atoms with van der Waals surface area (Å²) in [5, 5.41) is 3.23. The molecule has 0 spiro atoms. The third kappa shape index (κ3) is 3.23. The van der Waals surface area contributed by atoms with Crippen molar-refractivity contribution in [1.82, 2.24) is 0 Å². The van der Waals surface area contributed by atoms with E-state index in [1.54, 1.807) is 30.3 Å². The Balaban J connectivity index is 1.75. The molecule has 1 N–H and O–H groups in total. The van der Waals surface area contributed by atoms with Gasteiger partial charge in [0.25, 0.3) is 0 Å². The first kappa shape index (κ1) is 16.7. The summed E-state index contributed by atoms with van der Waals surface area (Å²) in [6.07, 6.45) is 0.0123. The van der Waals surface area contributed by atoms with Crippen LogP contribution in [0.25, 0.3) is 0 Å². The van der Waals surface area contributed by atoms with Crippen molar-refractivity contribution in [3.05, 3.63) is 58.3 Å². The standard InChI is InChI=1S/C17H13Cl2FN2O2/c18-11-4-3-6-13(16(11)19)21-17(24)10-8-15(23)22(9-10)14-7-2-1-5-12(14)20/h1-7,10H,8-9H2,(H,21,24). The van der Waals surface area contributed by atoms with Gasteiger partial charge < -0.3 is 10.2 Å². The maximum atomic E-state index is 13.9. The number of amides is 2. The Labute approximate surface area is 148 Å². The molecule has 0 aliphatic carbocycles. The third-order valence-corrected chi connectivity index (χ3v) is 4.67. The Morgan fingerprint density at radius 1 is 1.17 bits per heavy atom. The minimum Gasteiger partial charge on any atom is -0.324 e. The molecule has 2 aromatic carbocycles. The van der Waals surface area contributed by atoms with E-state index in [0.717, 1.165) is 0 Å². The fraction of sp³-hybridized carbons (Fsp3) is 0.176. The summed E-state index contributed by atoms with van der Waals surface area (Å²) in [5.74, 6) is -1.74. The minimum absolute atomic E-state index is 0.0123. The van der Waals surface area contributed by atoms with E-state index in [2.05, 4.69) is 5.32 Å². The minimum atomic E-state index is -0.591. The number of anilines is 2. The van der Waals surface area contributed by atoms with Crippen LogP contribution in [0.3, 0.4) is 0 Å². The highest BCUT2D eigenvalue weighted by molar-refractivity contribution is 6.44. The lowest BCUT2D eigenvalue weighted by atomic mass is 10.1. The van der Waals surface area contributed by atoms with E-state index in [4.69, 9.17) is 23.2 Å². The van der Waals surface area contributed by atoms with E-state index in [-0.39, 0.29) is 35.5 Å². The molecule has 1 atom stereocenters. The zero-order valence-corrected chi connectivity index (χ0v) is 13.9. The van der Waals surface area contributed by atoms with Crippen molar-refractivity contribution in [3.8, 4) is 0 Å². The van der Waals surface area contributed by atoms with Crippen molar-refractivity contribution in [2.75, 3.05) is 16.8 Å². The second-order valence-corrected chi connectivity index (χ2v) is 6.23. The molecule has 0 bridgehead atoms. The predicted octanol–water partition coefficient (Wildman–Crippen LogP) is 4.12. The lowest BCUT2D eigenvalue weighted by Gasteiger charge is -2.17. The van der Waals surface area contributed by atoms with Crippen molar-refractivity contribution in [2.24, 2.45) is 5.92 Å². The summed E-state index contributed by atoms with van der Waals surface area (Å²) >= 11 is 12.0. The van der Waals surface area contributed by atoms with Crippen molar-refractivity contribution in [3.63, 3.8) is 0 Å². The quantitative estimate of drug-likeness (QED) is 0.887. The molecule has 0 aromatic heterocycles. The topological polar surface area (TPSA) is 49.4 Å². The van der Waals surface area contributed by atoms with Crippen LogP contribution in [0, 0.1) is 11.7 Å². The molecule has 2 amide bonds. The van der Waals surface area contributed by atoms with Crippen molar-refractivity contribution in [2.45, 2.75) is 6.42 Å². The van der Waals surface area contributed by atoms with Crippen molar-refractivity contribution in [1.29, 1.82) is 0 Å². The molecule has 2 aromatic rings. The van der Waals surface area contributed by atoms with Gasteiger partial charge in [-0.05, 0) is 24.3 Å². The summed E-state index contributed by atoms with van der Waals surface area (Å²) in [7, 11) is 0. The molecule has 24 heavy (non-hydrogen) atoms. The molecule has 1 aliphatic rings. The second kappa shape index (κ2) is 6.79. The van der Waals surface area contributed by atoms with Crippen LogP contribution >= 0.6 is 23.2 Å². The molecule has 0 radical (unpaired) electrons. The predicted molar refractivity (Wildman–Crippen MR) is 92.0 cm³/mol. The first-order valence-corrected chi connectivity index (χ1v) is 8.02. The number of carbonyl (C=O) groups is 2. The van der Waals surface area contributed by atoms with Gasteiger partial charge in [-0.15, -0.1) is 0 Å². The molecular weight excluding hydrogens is 354 g/mol. The smallest absolute Gasteiger partial charge is 0.229 e. The first-order chi connectivity index (χ1) is 11.5. The van der Waals surface area contributed by atoms with Gasteiger partial charge in [0.05, 0.1) is 27.3 Å². The van der Waals surface area contributed by atoms with Gasteiger partial charge in [-0.2, -0.15) is 0 Å². The number of halogens is 3. The summed E-state index contributed by atoms with van der Waals surface area (Å²) in [6, 6.07) is 10.9. The molecular formula is C17H13Cl2FN2O2.